The smallest absolute Gasteiger partial charge is 0.323 e. The van der Waals surface area contributed by atoms with Gasteiger partial charge in [0.05, 0.1) is 6.54 Å². The molecule has 0 aliphatic carbocycles. The van der Waals surface area contributed by atoms with Crippen LogP contribution in [-0.2, 0) is 9.59 Å². The number of carbonyl (C=O) groups is 4. The second-order valence-electron chi connectivity index (χ2n) is 6.29. The van der Waals surface area contributed by atoms with Crippen molar-refractivity contribution in [1.82, 2.24) is 4.90 Å². The molecule has 1 aromatic rings. The zero-order valence-electron chi connectivity index (χ0n) is 15.1. The number of thioether (sulfide) groups is 1. The third-order valence-electron chi connectivity index (χ3n) is 4.29. The van der Waals surface area contributed by atoms with Crippen LogP contribution in [0.4, 0.5) is 10.5 Å². The number of nitrogens with one attached hydrogen (secondary N) is 1. The average Bonchev–Trinajstić information content (AvgIpc) is 3.12. The maximum atomic E-state index is 12.7. The highest BCUT2D eigenvalue weighted by atomic mass is 32.2. The lowest BCUT2D eigenvalue weighted by Gasteiger charge is -2.23. The molecule has 8 heteroatoms. The van der Waals surface area contributed by atoms with Gasteiger partial charge >= 0.3 is 11.9 Å². The van der Waals surface area contributed by atoms with Crippen molar-refractivity contribution < 1.29 is 23.8 Å². The number of urea groups is 1. The Balaban J connectivity index is 1.81. The number of anilines is 1. The minimum Gasteiger partial charge on any atom is -0.323 e. The Morgan fingerprint density at radius 2 is 2.07 bits per heavy atom. The van der Waals surface area contributed by atoms with Crippen LogP contribution in [0.3, 0.4) is 0 Å². The lowest BCUT2D eigenvalue weighted by atomic mass is 10.1. The van der Waals surface area contributed by atoms with Gasteiger partial charge in [-0.05, 0) is 37.0 Å². The number of hydrogen-bond donors (Lipinski definition) is 1. The summed E-state index contributed by atoms with van der Waals surface area (Å²) in [6, 6.07) is 6.14. The number of nitrogens with zero attached hydrogens (tertiary/aromatic N) is 2. The first kappa shape index (κ1) is 19.0. The SMILES string of the molecule is CCCN1C(=O)C2SC=CC2=[N+](CC(=O)Nc2cccc(C(C)=O)c2)C1=O. The van der Waals surface area contributed by atoms with Gasteiger partial charge in [-0.3, -0.25) is 9.59 Å². The monoisotopic (exact) mass is 386 g/mol. The van der Waals surface area contributed by atoms with E-state index in [4.69, 9.17) is 0 Å². The molecule has 1 aromatic carbocycles. The van der Waals surface area contributed by atoms with Crippen molar-refractivity contribution in [3.05, 3.63) is 41.3 Å². The molecule has 3 rings (SSSR count). The normalized spacial score (nSPS) is 18.7. The number of carbonyl (C=O) groups excluding carboxylic acids is 4. The third kappa shape index (κ3) is 3.85. The number of rotatable bonds is 6. The van der Waals surface area contributed by atoms with Crippen LogP contribution in [-0.4, -0.2) is 57.2 Å². The lowest BCUT2D eigenvalue weighted by molar-refractivity contribution is -0.425. The molecule has 0 bridgehead atoms. The topological polar surface area (TPSA) is 86.6 Å². The van der Waals surface area contributed by atoms with Crippen LogP contribution in [0.25, 0.3) is 0 Å². The molecule has 140 valence electrons. The fourth-order valence-corrected chi connectivity index (χ4v) is 3.97. The number of hydrogen-bond acceptors (Lipinski definition) is 5. The quantitative estimate of drug-likeness (QED) is 0.599. The summed E-state index contributed by atoms with van der Waals surface area (Å²) in [6.45, 7) is 3.46. The van der Waals surface area contributed by atoms with Crippen molar-refractivity contribution in [3.63, 3.8) is 0 Å². The Labute approximate surface area is 161 Å². The summed E-state index contributed by atoms with van der Waals surface area (Å²) in [5.41, 5.74) is 1.51. The van der Waals surface area contributed by atoms with E-state index >= 15 is 0 Å². The van der Waals surface area contributed by atoms with Gasteiger partial charge in [-0.15, -0.1) is 11.8 Å². The second kappa shape index (κ2) is 7.87. The largest absolute Gasteiger partial charge is 0.501 e. The van der Waals surface area contributed by atoms with Gasteiger partial charge < -0.3 is 5.32 Å². The predicted molar refractivity (Wildman–Crippen MR) is 103 cm³/mol. The van der Waals surface area contributed by atoms with E-state index in [2.05, 4.69) is 5.32 Å². The Morgan fingerprint density at radius 3 is 2.78 bits per heavy atom. The number of allylic oxidation sites excluding steroid dienone is 1. The molecule has 0 aromatic heterocycles. The molecule has 1 N–H and O–H groups in total. The summed E-state index contributed by atoms with van der Waals surface area (Å²) in [6.07, 6.45) is 2.35. The summed E-state index contributed by atoms with van der Waals surface area (Å²) >= 11 is 1.33. The minimum absolute atomic E-state index is 0.0995. The molecule has 27 heavy (non-hydrogen) atoms. The number of imide groups is 1. The first-order valence-corrected chi connectivity index (χ1v) is 9.59. The molecular weight excluding hydrogens is 366 g/mol. The van der Waals surface area contributed by atoms with E-state index in [9.17, 15) is 19.2 Å². The van der Waals surface area contributed by atoms with Gasteiger partial charge in [0.2, 0.25) is 0 Å². The standard InChI is InChI=1S/C19H19N3O4S/c1-3-8-21-18(25)17-15(7-9-27-17)22(19(21)26)11-16(24)20-14-6-4-5-13(10-14)12(2)23/h4-7,9-10,17H,3,8,11H2,1-2H3/p+1. The van der Waals surface area contributed by atoms with Crippen LogP contribution in [0.15, 0.2) is 35.7 Å². The van der Waals surface area contributed by atoms with E-state index in [1.54, 1.807) is 35.7 Å². The number of Topliss-reactive ketones (excluding diaryl/α,β-unsaturated/α-hetero) is 1. The van der Waals surface area contributed by atoms with Gasteiger partial charge in [0.1, 0.15) is 5.71 Å². The molecule has 0 saturated heterocycles. The lowest BCUT2D eigenvalue weighted by Crippen LogP contribution is -2.56. The summed E-state index contributed by atoms with van der Waals surface area (Å²) in [5, 5.41) is 3.99. The number of amides is 4. The highest BCUT2D eigenvalue weighted by Crippen LogP contribution is 2.27. The molecule has 2 aliphatic heterocycles. The molecule has 2 heterocycles. The Hall–Kier alpha value is -2.74. The molecule has 0 radical (unpaired) electrons. The zero-order valence-corrected chi connectivity index (χ0v) is 15.9. The maximum absolute atomic E-state index is 12.7. The van der Waals surface area contributed by atoms with Crippen molar-refractivity contribution in [2.75, 3.05) is 18.4 Å². The second-order valence-corrected chi connectivity index (χ2v) is 7.30. The summed E-state index contributed by atoms with van der Waals surface area (Å²) < 4.78 is 1.35. The van der Waals surface area contributed by atoms with E-state index in [1.165, 1.54) is 28.2 Å². The van der Waals surface area contributed by atoms with Gasteiger partial charge in [0, 0.05) is 11.3 Å². The highest BCUT2D eigenvalue weighted by molar-refractivity contribution is 8.04. The molecular formula is C19H20N3O4S+. The Morgan fingerprint density at radius 1 is 1.30 bits per heavy atom. The molecule has 7 nitrogen and oxygen atoms in total. The fourth-order valence-electron chi connectivity index (χ4n) is 3.00. The van der Waals surface area contributed by atoms with Gasteiger partial charge in [-0.1, -0.05) is 19.1 Å². The van der Waals surface area contributed by atoms with Crippen LogP contribution in [0.1, 0.15) is 30.6 Å². The minimum atomic E-state index is -0.483. The van der Waals surface area contributed by atoms with Crippen LogP contribution in [0.2, 0.25) is 0 Å². The molecule has 0 saturated carbocycles. The molecule has 4 amide bonds. The van der Waals surface area contributed by atoms with Crippen LogP contribution in [0, 0.1) is 0 Å². The van der Waals surface area contributed by atoms with E-state index < -0.39 is 17.2 Å². The van der Waals surface area contributed by atoms with E-state index in [-0.39, 0.29) is 18.2 Å². The first-order chi connectivity index (χ1) is 12.9. The van der Waals surface area contributed by atoms with Crippen molar-refractivity contribution >= 4 is 46.8 Å². The first-order valence-electron chi connectivity index (χ1n) is 8.65. The molecule has 2 aliphatic rings. The predicted octanol–water partition coefficient (Wildman–Crippen LogP) is 2.28. The average molecular weight is 386 g/mol. The molecule has 1 atom stereocenters. The highest BCUT2D eigenvalue weighted by Gasteiger charge is 2.48. The van der Waals surface area contributed by atoms with Crippen molar-refractivity contribution in [1.29, 1.82) is 0 Å². The molecule has 0 fully saturated rings. The number of benzene rings is 1. The van der Waals surface area contributed by atoms with Crippen molar-refractivity contribution in [2.24, 2.45) is 0 Å². The number of ketones is 1. The fraction of sp³-hybridized carbons (Fsp3) is 0.316. The van der Waals surface area contributed by atoms with E-state index in [1.807, 2.05) is 6.92 Å². The van der Waals surface area contributed by atoms with Crippen LogP contribution >= 0.6 is 11.8 Å². The maximum Gasteiger partial charge on any atom is 0.501 e. The van der Waals surface area contributed by atoms with Crippen molar-refractivity contribution in [2.45, 2.75) is 25.5 Å². The van der Waals surface area contributed by atoms with E-state index in [0.29, 0.717) is 29.9 Å². The molecule has 1 unspecified atom stereocenters. The van der Waals surface area contributed by atoms with Crippen LogP contribution < -0.4 is 5.32 Å². The summed E-state index contributed by atoms with van der Waals surface area (Å²) in [4.78, 5) is 50.4. The van der Waals surface area contributed by atoms with Gasteiger partial charge in [-0.2, -0.15) is 14.3 Å². The summed E-state index contributed by atoms with van der Waals surface area (Å²) in [5.74, 6) is -0.735. The Kier molecular flexibility index (Phi) is 5.55. The van der Waals surface area contributed by atoms with Crippen LogP contribution in [0.5, 0.6) is 0 Å². The Bertz CT molecular complexity index is 891. The van der Waals surface area contributed by atoms with Crippen molar-refractivity contribution in [3.8, 4) is 0 Å². The van der Waals surface area contributed by atoms with E-state index in [0.717, 1.165) is 0 Å². The zero-order chi connectivity index (χ0) is 19.6. The third-order valence-corrected chi connectivity index (χ3v) is 5.30. The number of fused-ring (bicyclic) bond motifs is 1. The van der Waals surface area contributed by atoms with Gasteiger partial charge in [0.25, 0.3) is 5.91 Å². The summed E-state index contributed by atoms with van der Waals surface area (Å²) in [7, 11) is 0. The van der Waals surface area contributed by atoms with Gasteiger partial charge in [0.15, 0.2) is 17.6 Å². The molecule has 0 spiro atoms. The van der Waals surface area contributed by atoms with Gasteiger partial charge in [-0.25, -0.2) is 4.79 Å².